The van der Waals surface area contributed by atoms with Crippen LogP contribution in [0.3, 0.4) is 0 Å². The Bertz CT molecular complexity index is 1230. The van der Waals surface area contributed by atoms with Crippen molar-refractivity contribution < 1.29 is 35.8 Å². The van der Waals surface area contributed by atoms with E-state index in [0.717, 1.165) is 29.0 Å². The molecule has 0 radical (unpaired) electrons. The third-order valence-electron chi connectivity index (χ3n) is 7.99. The van der Waals surface area contributed by atoms with Gasteiger partial charge in [-0.3, -0.25) is 4.79 Å². The molecule has 3 aromatic rings. The Hall–Kier alpha value is -2.86. The average molecular weight is 654 g/mol. The molecule has 1 aromatic heterocycles. The first-order valence-corrected chi connectivity index (χ1v) is 16.1. The topological polar surface area (TPSA) is 51.4 Å². The lowest BCUT2D eigenvalue weighted by molar-refractivity contribution is -0.688. The van der Waals surface area contributed by atoms with Gasteiger partial charge in [0, 0.05) is 17.2 Å². The summed E-state index contributed by atoms with van der Waals surface area (Å²) in [7, 11) is 1.65. The van der Waals surface area contributed by atoms with E-state index >= 15 is 0 Å². The van der Waals surface area contributed by atoms with E-state index in [0.29, 0.717) is 18.9 Å². The number of hydrogen-bond donors (Lipinski definition) is 1. The van der Waals surface area contributed by atoms with E-state index in [1.165, 1.54) is 81.8 Å². The van der Waals surface area contributed by atoms with Gasteiger partial charge in [-0.1, -0.05) is 102 Å². The standard InChI is InChI=1S/C37H52N2O3.BrH/c1-5-6-7-8-9-10-11-12-13-14-15-18-25-42-35-22-21-32(26-36(35)41-4)27-37(40)38-34-20-17-16-19-33(34)29-39-24-23-30(2)31(3)28-39;/h16-17,19-24,26,28H,5-15,18,25,27,29H2,1-4H3;1H. The highest BCUT2D eigenvalue weighted by Gasteiger charge is 2.13. The number of para-hydroxylation sites is 1. The summed E-state index contributed by atoms with van der Waals surface area (Å²) in [5, 5.41) is 3.11. The second kappa shape index (κ2) is 20.9. The lowest BCUT2D eigenvalue weighted by Crippen LogP contribution is -3.00. The molecule has 0 saturated carbocycles. The van der Waals surface area contributed by atoms with Gasteiger partial charge in [-0.05, 0) is 49.6 Å². The summed E-state index contributed by atoms with van der Waals surface area (Å²) in [5.41, 5.74) is 5.31. The third-order valence-corrected chi connectivity index (χ3v) is 7.99. The molecule has 0 unspecified atom stereocenters. The van der Waals surface area contributed by atoms with Gasteiger partial charge in [0.1, 0.15) is 0 Å². The van der Waals surface area contributed by atoms with Crippen LogP contribution in [-0.4, -0.2) is 19.6 Å². The van der Waals surface area contributed by atoms with Crippen molar-refractivity contribution in [3.63, 3.8) is 0 Å². The molecule has 0 bridgehead atoms. The van der Waals surface area contributed by atoms with E-state index in [1.807, 2.05) is 36.4 Å². The quantitative estimate of drug-likeness (QED) is 0.122. The second-order valence-corrected chi connectivity index (χ2v) is 11.6. The van der Waals surface area contributed by atoms with E-state index in [9.17, 15) is 4.79 Å². The predicted molar refractivity (Wildman–Crippen MR) is 174 cm³/mol. The van der Waals surface area contributed by atoms with Crippen LogP contribution < -0.4 is 36.3 Å². The van der Waals surface area contributed by atoms with Crippen LogP contribution in [0.25, 0.3) is 0 Å². The van der Waals surface area contributed by atoms with Gasteiger partial charge in [0.25, 0.3) is 0 Å². The average Bonchev–Trinajstić information content (AvgIpc) is 2.99. The third kappa shape index (κ3) is 13.5. The number of nitrogens with zero attached hydrogens (tertiary/aromatic N) is 1. The molecule has 0 aliphatic rings. The molecule has 1 amide bonds. The van der Waals surface area contributed by atoms with E-state index < -0.39 is 0 Å². The molecule has 43 heavy (non-hydrogen) atoms. The molecule has 3 rings (SSSR count). The van der Waals surface area contributed by atoms with Gasteiger partial charge in [0.2, 0.25) is 5.91 Å². The monoisotopic (exact) mass is 652 g/mol. The first-order valence-electron chi connectivity index (χ1n) is 16.1. The van der Waals surface area contributed by atoms with E-state index in [-0.39, 0.29) is 29.3 Å². The van der Waals surface area contributed by atoms with E-state index in [2.05, 4.69) is 55.2 Å². The molecule has 0 aliphatic heterocycles. The van der Waals surface area contributed by atoms with Gasteiger partial charge >= 0.3 is 0 Å². The zero-order valence-electron chi connectivity index (χ0n) is 26.9. The highest BCUT2D eigenvalue weighted by atomic mass is 79.9. The molecule has 0 spiro atoms. The first kappa shape index (κ1) is 36.3. The minimum absolute atomic E-state index is 0. The van der Waals surface area contributed by atoms with Crippen LogP contribution in [0.1, 0.15) is 106 Å². The summed E-state index contributed by atoms with van der Waals surface area (Å²) in [6.45, 7) is 7.88. The predicted octanol–water partition coefficient (Wildman–Crippen LogP) is 5.91. The molecular formula is C37H53BrN2O3. The summed E-state index contributed by atoms with van der Waals surface area (Å²) >= 11 is 0. The number of carbonyl (C=O) groups excluding carboxylic acids is 1. The Balaban J connectivity index is 0.00000645. The van der Waals surface area contributed by atoms with Crippen molar-refractivity contribution in [1.29, 1.82) is 0 Å². The number of unbranched alkanes of at least 4 members (excludes halogenated alkanes) is 11. The number of ether oxygens (including phenoxy) is 2. The number of aromatic nitrogens is 1. The molecule has 1 N–H and O–H groups in total. The van der Waals surface area contributed by atoms with Gasteiger partial charge in [0.15, 0.2) is 30.4 Å². The number of halogens is 1. The fourth-order valence-electron chi connectivity index (χ4n) is 5.25. The lowest BCUT2D eigenvalue weighted by Gasteiger charge is -2.13. The summed E-state index contributed by atoms with van der Waals surface area (Å²) in [4.78, 5) is 13.0. The van der Waals surface area contributed by atoms with Gasteiger partial charge in [-0.15, -0.1) is 0 Å². The molecule has 236 valence electrons. The van der Waals surface area contributed by atoms with E-state index in [4.69, 9.17) is 9.47 Å². The van der Waals surface area contributed by atoms with Crippen molar-refractivity contribution >= 4 is 11.6 Å². The molecule has 0 fully saturated rings. The Morgan fingerprint density at radius 2 is 1.44 bits per heavy atom. The van der Waals surface area contributed by atoms with Crippen molar-refractivity contribution in [2.24, 2.45) is 0 Å². The lowest BCUT2D eigenvalue weighted by atomic mass is 10.1. The number of nitrogens with one attached hydrogen (secondary N) is 1. The molecule has 0 saturated heterocycles. The largest absolute Gasteiger partial charge is 1.00 e. The highest BCUT2D eigenvalue weighted by Crippen LogP contribution is 2.29. The summed E-state index contributed by atoms with van der Waals surface area (Å²) in [6, 6.07) is 15.9. The number of aryl methyl sites for hydroxylation is 2. The number of pyridine rings is 1. The number of anilines is 1. The summed E-state index contributed by atoms with van der Waals surface area (Å²) in [6.07, 6.45) is 20.4. The van der Waals surface area contributed by atoms with Crippen molar-refractivity contribution in [3.05, 3.63) is 83.2 Å². The van der Waals surface area contributed by atoms with Crippen molar-refractivity contribution in [2.45, 2.75) is 111 Å². The van der Waals surface area contributed by atoms with Gasteiger partial charge < -0.3 is 31.8 Å². The van der Waals surface area contributed by atoms with Crippen LogP contribution in [0.15, 0.2) is 60.9 Å². The highest BCUT2D eigenvalue weighted by molar-refractivity contribution is 5.93. The fraction of sp³-hybridized carbons (Fsp3) is 0.514. The Morgan fingerprint density at radius 1 is 0.791 bits per heavy atom. The number of amides is 1. The Kier molecular flexibility index (Phi) is 17.7. The van der Waals surface area contributed by atoms with Crippen LogP contribution in [0.4, 0.5) is 5.69 Å². The SMILES string of the molecule is CCCCCCCCCCCCCCOc1ccc(CC(=O)Nc2ccccc2C[n+]2ccc(C)c(C)c2)cc1OC.[Br-]. The smallest absolute Gasteiger partial charge is 0.228 e. The molecule has 2 aromatic carbocycles. The maximum Gasteiger partial charge on any atom is 0.228 e. The molecule has 1 heterocycles. The van der Waals surface area contributed by atoms with Crippen molar-refractivity contribution in [1.82, 2.24) is 0 Å². The summed E-state index contributed by atoms with van der Waals surface area (Å²) in [5.74, 6) is 1.35. The van der Waals surface area contributed by atoms with Crippen LogP contribution in [-0.2, 0) is 17.8 Å². The van der Waals surface area contributed by atoms with E-state index in [1.54, 1.807) is 7.11 Å². The van der Waals surface area contributed by atoms with Crippen molar-refractivity contribution in [2.75, 3.05) is 19.0 Å². The molecular weight excluding hydrogens is 600 g/mol. The summed E-state index contributed by atoms with van der Waals surface area (Å²) < 4.78 is 13.8. The second-order valence-electron chi connectivity index (χ2n) is 11.6. The minimum Gasteiger partial charge on any atom is -1.00 e. The number of benzene rings is 2. The number of rotatable bonds is 20. The molecule has 5 nitrogen and oxygen atoms in total. The first-order chi connectivity index (χ1) is 20.5. The normalized spacial score (nSPS) is 10.7. The zero-order chi connectivity index (χ0) is 30.0. The van der Waals surface area contributed by atoms with Crippen LogP contribution in [0.5, 0.6) is 11.5 Å². The van der Waals surface area contributed by atoms with Gasteiger partial charge in [0.05, 0.1) is 25.8 Å². The number of methoxy groups -OCH3 is 1. The maximum absolute atomic E-state index is 13.0. The minimum atomic E-state index is -0.0558. The maximum atomic E-state index is 13.0. The number of carbonyl (C=O) groups is 1. The molecule has 6 heteroatoms. The number of hydrogen-bond acceptors (Lipinski definition) is 3. The Labute approximate surface area is 271 Å². The van der Waals surface area contributed by atoms with Gasteiger partial charge in [-0.2, -0.15) is 0 Å². The van der Waals surface area contributed by atoms with Crippen LogP contribution >= 0.6 is 0 Å². The fourth-order valence-corrected chi connectivity index (χ4v) is 5.25. The zero-order valence-corrected chi connectivity index (χ0v) is 28.5. The Morgan fingerprint density at radius 3 is 2.09 bits per heavy atom. The molecule has 0 atom stereocenters. The van der Waals surface area contributed by atoms with Crippen LogP contribution in [0.2, 0.25) is 0 Å². The molecule has 0 aliphatic carbocycles. The van der Waals surface area contributed by atoms with Gasteiger partial charge in [-0.25, -0.2) is 4.57 Å². The van der Waals surface area contributed by atoms with Crippen LogP contribution in [0, 0.1) is 13.8 Å². The van der Waals surface area contributed by atoms with Crippen molar-refractivity contribution in [3.8, 4) is 11.5 Å².